The normalized spacial score (nSPS) is 12.9. The Balaban J connectivity index is 2.79. The van der Waals surface area contributed by atoms with Gasteiger partial charge in [-0.3, -0.25) is 0 Å². The van der Waals surface area contributed by atoms with Crippen LogP contribution in [0.2, 0.25) is 5.02 Å². The second-order valence-electron chi connectivity index (χ2n) is 2.80. The molecule has 0 aliphatic heterocycles. The van der Waals surface area contributed by atoms with Crippen LogP contribution in [0, 0.1) is 0 Å². The molecule has 0 fully saturated rings. The zero-order valence-electron chi connectivity index (χ0n) is 7.09. The van der Waals surface area contributed by atoms with Gasteiger partial charge in [0.2, 0.25) is 0 Å². The Morgan fingerprint density at radius 1 is 1.42 bits per heavy atom. The zero-order valence-corrected chi connectivity index (χ0v) is 8.66. The number of halogens is 1. The van der Waals surface area contributed by atoms with Gasteiger partial charge in [0.05, 0.1) is 0 Å². The smallest absolute Gasteiger partial charge is 0.0449 e. The van der Waals surface area contributed by atoms with Gasteiger partial charge < -0.3 is 0 Å². The van der Waals surface area contributed by atoms with Crippen LogP contribution in [0.5, 0.6) is 0 Å². The second kappa shape index (κ2) is 4.78. The quantitative estimate of drug-likeness (QED) is 0.678. The minimum Gasteiger partial charge on any atom is -0.0852 e. The molecule has 0 amide bonds. The van der Waals surface area contributed by atoms with E-state index in [1.54, 1.807) is 0 Å². The third kappa shape index (κ3) is 2.43. The van der Waals surface area contributed by atoms with Crippen molar-refractivity contribution >= 4 is 24.2 Å². The fourth-order valence-electron chi connectivity index (χ4n) is 1.15. The van der Waals surface area contributed by atoms with Crippen LogP contribution in [0.15, 0.2) is 24.3 Å². The molecule has 12 heavy (non-hydrogen) atoms. The van der Waals surface area contributed by atoms with Crippen molar-refractivity contribution in [2.75, 3.05) is 0 Å². The maximum atomic E-state index is 5.99. The molecule has 65 valence electrons. The Labute approximate surface area is 84.3 Å². The fraction of sp³-hybridized carbons (Fsp3) is 0.400. The number of hydrogen-bond donors (Lipinski definition) is 0. The van der Waals surface area contributed by atoms with E-state index in [9.17, 15) is 0 Å². The molecule has 0 saturated carbocycles. The summed E-state index contributed by atoms with van der Waals surface area (Å²) in [6, 6.07) is 7.82. The summed E-state index contributed by atoms with van der Waals surface area (Å²) in [5.74, 6) is 0. The summed E-state index contributed by atoms with van der Waals surface area (Å²) in [5, 5.41) is 0.967. The molecule has 1 radical (unpaired) electrons. The van der Waals surface area contributed by atoms with Gasteiger partial charge in [0.25, 0.3) is 0 Å². The molecule has 2 heteroatoms. The average molecular weight is 200 g/mol. The van der Waals surface area contributed by atoms with Crippen molar-refractivity contribution in [3.8, 4) is 0 Å². The SMILES string of the molecule is CCCC([S])c1ccccc1Cl. The summed E-state index contributed by atoms with van der Waals surface area (Å²) in [6.45, 7) is 2.14. The fourth-order valence-corrected chi connectivity index (χ4v) is 1.93. The summed E-state index contributed by atoms with van der Waals surface area (Å²) in [5.41, 5.74) is 1.09. The predicted molar refractivity (Wildman–Crippen MR) is 56.7 cm³/mol. The summed E-state index contributed by atoms with van der Waals surface area (Å²) < 4.78 is 0. The largest absolute Gasteiger partial charge is 0.0852 e. The van der Waals surface area contributed by atoms with E-state index in [0.717, 1.165) is 23.4 Å². The van der Waals surface area contributed by atoms with Gasteiger partial charge in [0, 0.05) is 10.3 Å². The van der Waals surface area contributed by atoms with Crippen LogP contribution in [0.4, 0.5) is 0 Å². The molecule has 0 N–H and O–H groups in total. The average Bonchev–Trinajstić information content (AvgIpc) is 2.05. The zero-order chi connectivity index (χ0) is 8.97. The van der Waals surface area contributed by atoms with Crippen molar-refractivity contribution in [1.29, 1.82) is 0 Å². The Morgan fingerprint density at radius 2 is 2.08 bits per heavy atom. The maximum absolute atomic E-state index is 5.99. The van der Waals surface area contributed by atoms with E-state index in [1.165, 1.54) is 0 Å². The van der Waals surface area contributed by atoms with Gasteiger partial charge >= 0.3 is 0 Å². The van der Waals surface area contributed by atoms with E-state index in [-0.39, 0.29) is 5.25 Å². The van der Waals surface area contributed by atoms with Gasteiger partial charge in [-0.1, -0.05) is 55.8 Å². The highest BCUT2D eigenvalue weighted by atomic mass is 35.5. The highest BCUT2D eigenvalue weighted by Gasteiger charge is 2.08. The Hall–Kier alpha value is -0.140. The van der Waals surface area contributed by atoms with Crippen LogP contribution in [-0.2, 0) is 0 Å². The van der Waals surface area contributed by atoms with Crippen LogP contribution >= 0.6 is 24.2 Å². The highest BCUT2D eigenvalue weighted by molar-refractivity contribution is 7.80. The third-order valence-electron chi connectivity index (χ3n) is 1.80. The summed E-state index contributed by atoms with van der Waals surface area (Å²) in [6.07, 6.45) is 2.14. The maximum Gasteiger partial charge on any atom is 0.0449 e. The van der Waals surface area contributed by atoms with Crippen molar-refractivity contribution in [2.24, 2.45) is 0 Å². The van der Waals surface area contributed by atoms with E-state index >= 15 is 0 Å². The minimum absolute atomic E-state index is 0.170. The third-order valence-corrected chi connectivity index (χ3v) is 2.64. The molecule has 0 aliphatic carbocycles. The summed E-state index contributed by atoms with van der Waals surface area (Å²) >= 11 is 11.3. The van der Waals surface area contributed by atoms with E-state index in [2.05, 4.69) is 6.92 Å². The van der Waals surface area contributed by atoms with Crippen LogP contribution in [-0.4, -0.2) is 0 Å². The molecule has 1 aromatic rings. The Bertz CT molecular complexity index is 247. The molecule has 1 aromatic carbocycles. The molecule has 0 saturated heterocycles. The first-order chi connectivity index (χ1) is 5.75. The molecular weight excluding hydrogens is 188 g/mol. The van der Waals surface area contributed by atoms with Gasteiger partial charge in [-0.2, -0.15) is 0 Å². The van der Waals surface area contributed by atoms with E-state index in [0.29, 0.717) is 0 Å². The van der Waals surface area contributed by atoms with E-state index in [1.807, 2.05) is 24.3 Å². The van der Waals surface area contributed by atoms with E-state index in [4.69, 9.17) is 24.2 Å². The lowest BCUT2D eigenvalue weighted by Crippen LogP contribution is -1.90. The standard InChI is InChI=1S/C10H12ClS/c1-2-5-10(12)8-6-3-4-7-9(8)11/h3-4,6-7,10H,2,5H2,1H3. The first-order valence-electron chi connectivity index (χ1n) is 4.16. The summed E-state index contributed by atoms with van der Waals surface area (Å²) in [7, 11) is 0. The lowest BCUT2D eigenvalue weighted by Gasteiger charge is -2.09. The number of hydrogen-bond acceptors (Lipinski definition) is 0. The molecule has 1 atom stereocenters. The molecule has 0 aromatic heterocycles. The van der Waals surface area contributed by atoms with Crippen molar-refractivity contribution < 1.29 is 0 Å². The lowest BCUT2D eigenvalue weighted by molar-refractivity contribution is 0.783. The monoisotopic (exact) mass is 199 g/mol. The van der Waals surface area contributed by atoms with Crippen LogP contribution in [0.3, 0.4) is 0 Å². The van der Waals surface area contributed by atoms with Crippen molar-refractivity contribution in [2.45, 2.75) is 25.0 Å². The first-order valence-corrected chi connectivity index (χ1v) is 5.01. The topological polar surface area (TPSA) is 0 Å². The minimum atomic E-state index is 0.170. The molecule has 0 nitrogen and oxygen atoms in total. The number of rotatable bonds is 3. The van der Waals surface area contributed by atoms with Gasteiger partial charge in [-0.25, -0.2) is 0 Å². The molecule has 1 rings (SSSR count). The van der Waals surface area contributed by atoms with Gasteiger partial charge in [-0.15, -0.1) is 0 Å². The Kier molecular flexibility index (Phi) is 3.96. The van der Waals surface area contributed by atoms with Gasteiger partial charge in [-0.05, 0) is 18.1 Å². The molecule has 0 aliphatic rings. The first kappa shape index (κ1) is 9.94. The molecule has 0 spiro atoms. The van der Waals surface area contributed by atoms with Crippen LogP contribution in [0.1, 0.15) is 30.6 Å². The number of benzene rings is 1. The predicted octanol–water partition coefficient (Wildman–Crippen LogP) is 4.38. The molecule has 0 bridgehead atoms. The van der Waals surface area contributed by atoms with Gasteiger partial charge in [0.1, 0.15) is 0 Å². The highest BCUT2D eigenvalue weighted by Crippen LogP contribution is 2.30. The molecule has 0 heterocycles. The van der Waals surface area contributed by atoms with E-state index < -0.39 is 0 Å². The molecular formula is C10H12ClS. The van der Waals surface area contributed by atoms with Crippen molar-refractivity contribution in [1.82, 2.24) is 0 Å². The van der Waals surface area contributed by atoms with Crippen LogP contribution < -0.4 is 0 Å². The summed E-state index contributed by atoms with van der Waals surface area (Å²) in [4.78, 5) is 0. The van der Waals surface area contributed by atoms with Crippen molar-refractivity contribution in [3.63, 3.8) is 0 Å². The van der Waals surface area contributed by atoms with Gasteiger partial charge in [0.15, 0.2) is 0 Å². The van der Waals surface area contributed by atoms with Crippen LogP contribution in [0.25, 0.3) is 0 Å². The molecule has 1 unspecified atom stereocenters. The van der Waals surface area contributed by atoms with Crippen molar-refractivity contribution in [3.05, 3.63) is 34.9 Å². The second-order valence-corrected chi connectivity index (χ2v) is 3.78. The lowest BCUT2D eigenvalue weighted by atomic mass is 10.1. The Morgan fingerprint density at radius 3 is 2.67 bits per heavy atom.